The number of hydrogen-bond donors (Lipinski definition) is 0. The first-order chi connectivity index (χ1) is 13.1. The molecule has 0 bridgehead atoms. The zero-order chi connectivity index (χ0) is 18.8. The zero-order valence-corrected chi connectivity index (χ0v) is 15.3. The Morgan fingerprint density at radius 3 is 2.85 bits per heavy atom. The van der Waals surface area contributed by atoms with E-state index >= 15 is 0 Å². The third-order valence-corrected chi connectivity index (χ3v) is 4.86. The summed E-state index contributed by atoms with van der Waals surface area (Å²) in [6, 6.07) is 7.49. The van der Waals surface area contributed by atoms with E-state index in [1.165, 1.54) is 0 Å². The van der Waals surface area contributed by atoms with Gasteiger partial charge in [0.15, 0.2) is 11.6 Å². The first-order valence-corrected chi connectivity index (χ1v) is 8.87. The van der Waals surface area contributed by atoms with Crippen LogP contribution < -0.4 is 4.74 Å². The molecule has 0 spiro atoms. The van der Waals surface area contributed by atoms with Crippen molar-refractivity contribution in [2.75, 3.05) is 20.2 Å². The number of methoxy groups -OCH3 is 1. The highest BCUT2D eigenvalue weighted by atomic mass is 16.5. The molecule has 1 atom stereocenters. The number of likely N-dealkylation sites (tertiary alicyclic amines) is 1. The van der Waals surface area contributed by atoms with Crippen molar-refractivity contribution in [3.05, 3.63) is 48.3 Å². The molecule has 1 aliphatic rings. The van der Waals surface area contributed by atoms with Crippen molar-refractivity contribution < 1.29 is 14.1 Å². The standard InChI is InChI=1S/C19H21N5O3/c1-23-10-8-20-17(23)19(25)24-9-7-13(12-24)11-16-21-18(27-22-16)14-3-5-15(26-2)6-4-14/h3-6,8,10,13H,7,9,11-12H2,1-2H3. The Hall–Kier alpha value is -3.16. The average molecular weight is 367 g/mol. The molecule has 0 N–H and O–H groups in total. The van der Waals surface area contributed by atoms with Crippen LogP contribution in [0.2, 0.25) is 0 Å². The molecule has 140 valence electrons. The fraction of sp³-hybridized carbons (Fsp3) is 0.368. The lowest BCUT2D eigenvalue weighted by atomic mass is 10.1. The summed E-state index contributed by atoms with van der Waals surface area (Å²) in [6.45, 7) is 1.40. The number of rotatable bonds is 5. The number of carbonyl (C=O) groups excluding carboxylic acids is 1. The summed E-state index contributed by atoms with van der Waals surface area (Å²) >= 11 is 0. The first-order valence-electron chi connectivity index (χ1n) is 8.87. The highest BCUT2D eigenvalue weighted by Crippen LogP contribution is 2.24. The molecule has 4 rings (SSSR count). The summed E-state index contributed by atoms with van der Waals surface area (Å²) in [5.74, 6) is 2.69. The molecule has 1 amide bonds. The van der Waals surface area contributed by atoms with E-state index in [0.29, 0.717) is 36.4 Å². The van der Waals surface area contributed by atoms with E-state index in [-0.39, 0.29) is 5.91 Å². The second kappa shape index (κ2) is 7.22. The molecule has 8 heteroatoms. The van der Waals surface area contributed by atoms with Crippen molar-refractivity contribution in [3.8, 4) is 17.2 Å². The molecule has 1 saturated heterocycles. The normalized spacial score (nSPS) is 16.7. The van der Waals surface area contributed by atoms with Gasteiger partial charge in [0.2, 0.25) is 0 Å². The predicted molar refractivity (Wildman–Crippen MR) is 97.2 cm³/mol. The molecule has 0 aliphatic carbocycles. The largest absolute Gasteiger partial charge is 0.497 e. The molecule has 1 aliphatic heterocycles. The van der Waals surface area contributed by atoms with Gasteiger partial charge < -0.3 is 18.7 Å². The third kappa shape index (κ3) is 3.55. The predicted octanol–water partition coefficient (Wildman–Crippen LogP) is 2.18. The fourth-order valence-electron chi connectivity index (χ4n) is 3.34. The van der Waals surface area contributed by atoms with E-state index in [1.807, 2.05) is 36.2 Å². The van der Waals surface area contributed by atoms with Gasteiger partial charge in [-0.15, -0.1) is 0 Å². The number of nitrogens with zero attached hydrogens (tertiary/aromatic N) is 5. The van der Waals surface area contributed by atoms with Crippen LogP contribution in [-0.4, -0.2) is 50.7 Å². The lowest BCUT2D eigenvalue weighted by Gasteiger charge is -2.15. The number of imidazole rings is 1. The summed E-state index contributed by atoms with van der Waals surface area (Å²) in [4.78, 5) is 23.0. The zero-order valence-electron chi connectivity index (χ0n) is 15.3. The number of aromatic nitrogens is 4. The summed E-state index contributed by atoms with van der Waals surface area (Å²) < 4.78 is 12.3. The molecule has 0 saturated carbocycles. The van der Waals surface area contributed by atoms with E-state index in [2.05, 4.69) is 15.1 Å². The molecule has 3 aromatic rings. The minimum absolute atomic E-state index is 0.0305. The van der Waals surface area contributed by atoms with Gasteiger partial charge in [-0.3, -0.25) is 4.79 Å². The van der Waals surface area contributed by atoms with Crippen LogP contribution in [0.5, 0.6) is 5.75 Å². The van der Waals surface area contributed by atoms with Crippen molar-refractivity contribution in [2.45, 2.75) is 12.8 Å². The maximum atomic E-state index is 12.6. The third-order valence-electron chi connectivity index (χ3n) is 4.86. The van der Waals surface area contributed by atoms with E-state index < -0.39 is 0 Å². The first kappa shape index (κ1) is 17.3. The summed E-state index contributed by atoms with van der Waals surface area (Å²) in [6.07, 6.45) is 5.02. The van der Waals surface area contributed by atoms with Crippen LogP contribution in [0.15, 0.2) is 41.2 Å². The number of amides is 1. The van der Waals surface area contributed by atoms with Crippen LogP contribution in [-0.2, 0) is 13.5 Å². The molecular weight excluding hydrogens is 346 g/mol. The Labute approximate surface area is 156 Å². The van der Waals surface area contributed by atoms with Crippen LogP contribution in [0.4, 0.5) is 0 Å². The van der Waals surface area contributed by atoms with Crippen LogP contribution in [0, 0.1) is 5.92 Å². The Morgan fingerprint density at radius 1 is 1.33 bits per heavy atom. The maximum Gasteiger partial charge on any atom is 0.289 e. The summed E-state index contributed by atoms with van der Waals surface area (Å²) in [5, 5.41) is 4.10. The van der Waals surface area contributed by atoms with Crippen molar-refractivity contribution in [2.24, 2.45) is 13.0 Å². The number of carbonyl (C=O) groups is 1. The second-order valence-corrected chi connectivity index (χ2v) is 6.72. The molecule has 0 radical (unpaired) electrons. The second-order valence-electron chi connectivity index (χ2n) is 6.72. The Morgan fingerprint density at radius 2 is 2.15 bits per heavy atom. The van der Waals surface area contributed by atoms with Crippen LogP contribution in [0.3, 0.4) is 0 Å². The molecule has 1 unspecified atom stereocenters. The molecule has 1 fully saturated rings. The van der Waals surface area contributed by atoms with Crippen LogP contribution in [0.25, 0.3) is 11.5 Å². The fourth-order valence-corrected chi connectivity index (χ4v) is 3.34. The average Bonchev–Trinajstić information content (AvgIpc) is 3.43. The quantitative estimate of drug-likeness (QED) is 0.687. The SMILES string of the molecule is COc1ccc(-c2nc(CC3CCN(C(=O)c4nccn4C)C3)no2)cc1. The van der Waals surface area contributed by atoms with Gasteiger partial charge in [0.1, 0.15) is 5.75 Å². The smallest absolute Gasteiger partial charge is 0.289 e. The van der Waals surface area contributed by atoms with E-state index in [0.717, 1.165) is 24.3 Å². The van der Waals surface area contributed by atoms with E-state index in [1.54, 1.807) is 24.1 Å². The topological polar surface area (TPSA) is 86.3 Å². The van der Waals surface area contributed by atoms with Gasteiger partial charge in [-0.05, 0) is 36.6 Å². The van der Waals surface area contributed by atoms with Gasteiger partial charge in [0.05, 0.1) is 7.11 Å². The van der Waals surface area contributed by atoms with Gasteiger partial charge >= 0.3 is 0 Å². The van der Waals surface area contributed by atoms with Gasteiger partial charge in [0, 0.05) is 44.5 Å². The van der Waals surface area contributed by atoms with Gasteiger partial charge in [-0.1, -0.05) is 5.16 Å². The minimum Gasteiger partial charge on any atom is -0.497 e. The van der Waals surface area contributed by atoms with Crippen molar-refractivity contribution >= 4 is 5.91 Å². The monoisotopic (exact) mass is 367 g/mol. The molecule has 2 aromatic heterocycles. The molecule has 27 heavy (non-hydrogen) atoms. The highest BCUT2D eigenvalue weighted by Gasteiger charge is 2.29. The Kier molecular flexibility index (Phi) is 4.62. The molecule has 1 aromatic carbocycles. The number of hydrogen-bond acceptors (Lipinski definition) is 6. The van der Waals surface area contributed by atoms with Crippen LogP contribution >= 0.6 is 0 Å². The number of aryl methyl sites for hydroxylation is 1. The molecular formula is C19H21N5O3. The summed E-state index contributed by atoms with van der Waals surface area (Å²) in [7, 11) is 3.46. The maximum absolute atomic E-state index is 12.6. The van der Waals surface area contributed by atoms with Crippen LogP contribution in [0.1, 0.15) is 22.9 Å². The minimum atomic E-state index is -0.0305. The lowest BCUT2D eigenvalue weighted by Crippen LogP contribution is -2.31. The summed E-state index contributed by atoms with van der Waals surface area (Å²) in [5.41, 5.74) is 0.854. The Balaban J connectivity index is 1.38. The van der Waals surface area contributed by atoms with Crippen molar-refractivity contribution in [3.63, 3.8) is 0 Å². The van der Waals surface area contributed by atoms with Gasteiger partial charge in [0.25, 0.3) is 11.8 Å². The molecule has 8 nitrogen and oxygen atoms in total. The molecule has 3 heterocycles. The number of ether oxygens (including phenoxy) is 1. The van der Waals surface area contributed by atoms with Crippen molar-refractivity contribution in [1.29, 1.82) is 0 Å². The van der Waals surface area contributed by atoms with E-state index in [9.17, 15) is 4.79 Å². The highest BCUT2D eigenvalue weighted by molar-refractivity contribution is 5.91. The van der Waals surface area contributed by atoms with Gasteiger partial charge in [-0.25, -0.2) is 4.98 Å². The van der Waals surface area contributed by atoms with E-state index in [4.69, 9.17) is 9.26 Å². The number of benzene rings is 1. The lowest BCUT2D eigenvalue weighted by molar-refractivity contribution is 0.0771. The van der Waals surface area contributed by atoms with Gasteiger partial charge in [-0.2, -0.15) is 4.98 Å². The van der Waals surface area contributed by atoms with Crippen molar-refractivity contribution in [1.82, 2.24) is 24.6 Å². The Bertz CT molecular complexity index is 931.